The quantitative estimate of drug-likeness (QED) is 0.459. The van der Waals surface area contributed by atoms with Gasteiger partial charge < -0.3 is 9.42 Å². The van der Waals surface area contributed by atoms with Crippen molar-refractivity contribution in [2.75, 3.05) is 11.4 Å². The topological polar surface area (TPSA) is 94.7 Å². The number of benzene rings is 2. The number of fused-ring (bicyclic) bond motifs is 3. The fraction of sp³-hybridized carbons (Fsp3) is 0.200. The molecule has 1 atom stereocenters. The van der Waals surface area contributed by atoms with E-state index in [0.717, 1.165) is 45.1 Å². The van der Waals surface area contributed by atoms with Crippen molar-refractivity contribution < 1.29 is 4.52 Å². The number of hydrogen-bond acceptors (Lipinski definition) is 6. The lowest BCUT2D eigenvalue weighted by Gasteiger charge is -2.27. The second-order valence-corrected chi connectivity index (χ2v) is 7.97. The summed E-state index contributed by atoms with van der Waals surface area (Å²) in [5, 5.41) is 27.2. The molecule has 1 aliphatic rings. The number of anilines is 2. The maximum Gasteiger partial charge on any atom is 0.150 e. The molecule has 4 aromatic rings. The Morgan fingerprint density at radius 3 is 2.62 bits per heavy atom. The van der Waals surface area contributed by atoms with Crippen LogP contribution < -0.4 is 4.90 Å². The molecule has 32 heavy (non-hydrogen) atoms. The van der Waals surface area contributed by atoms with Crippen LogP contribution in [0.3, 0.4) is 0 Å². The second kappa shape index (κ2) is 7.72. The first-order valence-electron chi connectivity index (χ1n) is 10.3. The third-order valence-electron chi connectivity index (χ3n) is 5.90. The number of nitriles is 2. The van der Waals surface area contributed by atoms with Crippen molar-refractivity contribution in [1.29, 1.82) is 10.5 Å². The summed E-state index contributed by atoms with van der Waals surface area (Å²) in [5.41, 5.74) is 7.40. The Bertz CT molecular complexity index is 1380. The Hall–Kier alpha value is -4.36. The highest BCUT2D eigenvalue weighted by atomic mass is 16.5. The van der Waals surface area contributed by atoms with Gasteiger partial charge in [-0.05, 0) is 42.8 Å². The lowest BCUT2D eigenvalue weighted by atomic mass is 9.95. The Morgan fingerprint density at radius 2 is 1.94 bits per heavy atom. The van der Waals surface area contributed by atoms with Crippen LogP contribution in [0, 0.1) is 29.6 Å². The first kappa shape index (κ1) is 19.6. The molecule has 2 aromatic heterocycles. The van der Waals surface area contributed by atoms with E-state index in [1.807, 2.05) is 50.6 Å². The van der Waals surface area contributed by atoms with E-state index in [-0.39, 0.29) is 5.92 Å². The van der Waals surface area contributed by atoms with Crippen molar-refractivity contribution >= 4 is 11.4 Å². The van der Waals surface area contributed by atoms with Gasteiger partial charge in [0.1, 0.15) is 0 Å². The molecule has 156 valence electrons. The fourth-order valence-electron chi connectivity index (χ4n) is 4.34. The summed E-state index contributed by atoms with van der Waals surface area (Å²) in [6.07, 6.45) is 4.15. The van der Waals surface area contributed by atoms with Crippen LogP contribution in [0.15, 0.2) is 59.4 Å². The van der Waals surface area contributed by atoms with Crippen LogP contribution in [0.1, 0.15) is 29.4 Å². The minimum Gasteiger partial charge on any atom is -0.360 e. The van der Waals surface area contributed by atoms with Crippen molar-refractivity contribution in [2.24, 2.45) is 7.05 Å². The van der Waals surface area contributed by atoms with Gasteiger partial charge >= 0.3 is 0 Å². The lowest BCUT2D eigenvalue weighted by molar-refractivity contribution is 0.359. The Labute approximate surface area is 185 Å². The molecule has 0 saturated heterocycles. The number of nitrogens with zero attached hydrogens (tertiary/aromatic N) is 6. The summed E-state index contributed by atoms with van der Waals surface area (Å²) >= 11 is 0. The average Bonchev–Trinajstić information content (AvgIpc) is 3.38. The van der Waals surface area contributed by atoms with Gasteiger partial charge in [0.15, 0.2) is 5.76 Å². The van der Waals surface area contributed by atoms with E-state index in [0.29, 0.717) is 18.5 Å². The van der Waals surface area contributed by atoms with Crippen molar-refractivity contribution in [3.05, 3.63) is 71.9 Å². The molecule has 1 aliphatic heterocycles. The highest BCUT2D eigenvalue weighted by molar-refractivity contribution is 5.89. The number of hydrogen-bond donors (Lipinski definition) is 0. The SMILES string of the molecule is Cc1noc2c1-c1ccc(-c3cnn(C)c3)cc1N(c1ccc(C#N)cc1)CC2CC#N. The van der Waals surface area contributed by atoms with Crippen molar-refractivity contribution in [3.8, 4) is 34.4 Å². The maximum atomic E-state index is 9.50. The van der Waals surface area contributed by atoms with Gasteiger partial charge in [-0.2, -0.15) is 15.6 Å². The maximum absolute atomic E-state index is 9.50. The minimum atomic E-state index is -0.138. The first-order valence-corrected chi connectivity index (χ1v) is 10.3. The Kier molecular flexibility index (Phi) is 4.73. The van der Waals surface area contributed by atoms with E-state index < -0.39 is 0 Å². The fourth-order valence-corrected chi connectivity index (χ4v) is 4.34. The number of rotatable bonds is 3. The van der Waals surface area contributed by atoms with Gasteiger partial charge in [-0.3, -0.25) is 4.68 Å². The number of aryl methyl sites for hydroxylation is 2. The summed E-state index contributed by atoms with van der Waals surface area (Å²) < 4.78 is 7.53. The molecule has 1 unspecified atom stereocenters. The summed E-state index contributed by atoms with van der Waals surface area (Å²) in [4.78, 5) is 2.20. The summed E-state index contributed by atoms with van der Waals surface area (Å²) in [6.45, 7) is 2.49. The van der Waals surface area contributed by atoms with Gasteiger partial charge in [-0.15, -0.1) is 0 Å². The first-order chi connectivity index (χ1) is 15.6. The average molecular weight is 420 g/mol. The van der Waals surface area contributed by atoms with Gasteiger partial charge in [-0.1, -0.05) is 17.3 Å². The van der Waals surface area contributed by atoms with Crippen molar-refractivity contribution in [1.82, 2.24) is 14.9 Å². The molecule has 0 spiro atoms. The van der Waals surface area contributed by atoms with Gasteiger partial charge in [0.25, 0.3) is 0 Å². The molecule has 0 aliphatic carbocycles. The second-order valence-electron chi connectivity index (χ2n) is 7.97. The monoisotopic (exact) mass is 420 g/mol. The normalized spacial score (nSPS) is 14.8. The third-order valence-corrected chi connectivity index (χ3v) is 5.90. The standard InChI is InChI=1S/C25H20N6O/c1-16-24-22-8-5-18(20-13-28-30(2)14-20)11-23(22)31(21-6-3-17(12-27)4-7-21)15-19(9-10-26)25(24)32-29-16/h3-8,11,13-14,19H,9,15H2,1-2H3. The highest BCUT2D eigenvalue weighted by Crippen LogP contribution is 2.46. The van der Waals surface area contributed by atoms with Crippen LogP contribution in [0.2, 0.25) is 0 Å². The van der Waals surface area contributed by atoms with Crippen LogP contribution >= 0.6 is 0 Å². The lowest BCUT2D eigenvalue weighted by Crippen LogP contribution is -2.22. The largest absolute Gasteiger partial charge is 0.360 e. The molecule has 0 amide bonds. The van der Waals surface area contributed by atoms with E-state index in [4.69, 9.17) is 4.52 Å². The Morgan fingerprint density at radius 1 is 1.12 bits per heavy atom. The molecule has 2 aromatic carbocycles. The Balaban J connectivity index is 1.74. The van der Waals surface area contributed by atoms with Crippen LogP contribution in [0.4, 0.5) is 11.4 Å². The third kappa shape index (κ3) is 3.21. The predicted octanol–water partition coefficient (Wildman–Crippen LogP) is 5.07. The van der Waals surface area contributed by atoms with Gasteiger partial charge in [0.2, 0.25) is 0 Å². The molecule has 5 rings (SSSR count). The van der Waals surface area contributed by atoms with Gasteiger partial charge in [-0.25, -0.2) is 0 Å². The predicted molar refractivity (Wildman–Crippen MR) is 120 cm³/mol. The molecule has 0 radical (unpaired) electrons. The van der Waals surface area contributed by atoms with Crippen LogP contribution in [-0.4, -0.2) is 21.5 Å². The zero-order chi connectivity index (χ0) is 22.2. The summed E-state index contributed by atoms with van der Waals surface area (Å²) in [7, 11) is 1.90. The van der Waals surface area contributed by atoms with Gasteiger partial charge in [0, 0.05) is 54.3 Å². The molecule has 3 heterocycles. The molecule has 0 N–H and O–H groups in total. The molecular formula is C25H20N6O. The summed E-state index contributed by atoms with van der Waals surface area (Å²) in [5.74, 6) is 0.608. The van der Waals surface area contributed by atoms with E-state index in [9.17, 15) is 10.5 Å². The van der Waals surface area contributed by atoms with Crippen LogP contribution in [0.25, 0.3) is 22.3 Å². The smallest absolute Gasteiger partial charge is 0.150 e. The highest BCUT2D eigenvalue weighted by Gasteiger charge is 2.32. The molecule has 0 bridgehead atoms. The van der Waals surface area contributed by atoms with Crippen LogP contribution in [-0.2, 0) is 7.05 Å². The van der Waals surface area contributed by atoms with Crippen molar-refractivity contribution in [3.63, 3.8) is 0 Å². The number of aromatic nitrogens is 3. The molecule has 0 saturated carbocycles. The van der Waals surface area contributed by atoms with E-state index in [2.05, 4.69) is 45.5 Å². The molecule has 7 nitrogen and oxygen atoms in total. The minimum absolute atomic E-state index is 0.138. The zero-order valence-electron chi connectivity index (χ0n) is 17.8. The molecule has 7 heteroatoms. The van der Waals surface area contributed by atoms with Gasteiger partial charge in [0.05, 0.1) is 35.5 Å². The molecular weight excluding hydrogens is 400 g/mol. The van der Waals surface area contributed by atoms with Crippen molar-refractivity contribution in [2.45, 2.75) is 19.3 Å². The van der Waals surface area contributed by atoms with Crippen LogP contribution in [0.5, 0.6) is 0 Å². The van der Waals surface area contributed by atoms with E-state index in [1.54, 1.807) is 4.68 Å². The summed E-state index contributed by atoms with van der Waals surface area (Å²) in [6, 6.07) is 18.3. The van der Waals surface area contributed by atoms with E-state index in [1.165, 1.54) is 0 Å². The van der Waals surface area contributed by atoms with E-state index >= 15 is 0 Å². The zero-order valence-corrected chi connectivity index (χ0v) is 17.8. The molecule has 0 fully saturated rings.